The van der Waals surface area contributed by atoms with Gasteiger partial charge in [0, 0.05) is 9.37 Å². The van der Waals surface area contributed by atoms with Gasteiger partial charge in [-0.3, -0.25) is 0 Å². The van der Waals surface area contributed by atoms with E-state index in [9.17, 15) is 0 Å². The van der Waals surface area contributed by atoms with E-state index in [4.69, 9.17) is 14.7 Å². The average Bonchev–Trinajstić information content (AvgIpc) is 2.48. The summed E-state index contributed by atoms with van der Waals surface area (Å²) in [6, 6.07) is 7.72. The smallest absolute Gasteiger partial charge is 0.323 e. The summed E-state index contributed by atoms with van der Waals surface area (Å²) >= 11 is 4.72. The lowest BCUT2D eigenvalue weighted by Crippen LogP contribution is -2.00. The highest BCUT2D eigenvalue weighted by Crippen LogP contribution is 2.33. The summed E-state index contributed by atoms with van der Waals surface area (Å²) in [5.41, 5.74) is 0.576. The van der Waals surface area contributed by atoms with Crippen molar-refractivity contribution in [1.29, 1.82) is 5.26 Å². The number of hydrogen-bond donors (Lipinski definition) is 0. The van der Waals surface area contributed by atoms with Gasteiger partial charge in [-0.2, -0.15) is 15.2 Å². The lowest BCUT2D eigenvalue weighted by atomic mass is 10.2. The summed E-state index contributed by atoms with van der Waals surface area (Å²) in [6.07, 6.45) is 0. The number of methoxy groups -OCH3 is 2. The van der Waals surface area contributed by atoms with E-state index in [2.05, 4.69) is 37.0 Å². The van der Waals surface area contributed by atoms with Crippen molar-refractivity contribution < 1.29 is 9.47 Å². The fraction of sp³-hybridized carbons (Fsp3) is 0.167. The molecular weight excluding hydrogens is 344 g/mol. The Morgan fingerprint density at radius 3 is 2.30 bits per heavy atom. The van der Waals surface area contributed by atoms with Gasteiger partial charge in [-0.15, -0.1) is 4.98 Å². The molecule has 0 atom stereocenters. The van der Waals surface area contributed by atoms with Crippen LogP contribution in [0.5, 0.6) is 12.0 Å². The van der Waals surface area contributed by atoms with E-state index in [1.807, 2.05) is 6.07 Å². The number of halogens is 1. The van der Waals surface area contributed by atoms with Gasteiger partial charge in [0.05, 0.1) is 25.9 Å². The molecule has 102 valence electrons. The van der Waals surface area contributed by atoms with Gasteiger partial charge < -0.3 is 9.47 Å². The first-order valence-corrected chi connectivity index (χ1v) is 6.98. The second-order valence-electron chi connectivity index (χ2n) is 3.45. The molecule has 0 saturated heterocycles. The topological polar surface area (TPSA) is 80.9 Å². The third-order valence-electron chi connectivity index (χ3n) is 2.20. The number of nitriles is 1. The fourth-order valence-corrected chi connectivity index (χ4v) is 2.66. The van der Waals surface area contributed by atoms with Gasteiger partial charge in [0.2, 0.25) is 5.16 Å². The Labute approximate surface area is 128 Å². The predicted octanol–water partition coefficient (Wildman–Crippen LogP) is 2.67. The number of benzene rings is 1. The molecule has 0 bridgehead atoms. The zero-order valence-corrected chi connectivity index (χ0v) is 13.0. The summed E-state index contributed by atoms with van der Waals surface area (Å²) in [4.78, 5) is 13.1. The summed E-state index contributed by atoms with van der Waals surface area (Å²) in [5.74, 6) is 0. The van der Waals surface area contributed by atoms with E-state index >= 15 is 0 Å². The van der Waals surface area contributed by atoms with Crippen LogP contribution in [0.2, 0.25) is 0 Å². The number of hydrogen-bond acceptors (Lipinski definition) is 7. The molecule has 8 heteroatoms. The zero-order valence-electron chi connectivity index (χ0n) is 10.6. The summed E-state index contributed by atoms with van der Waals surface area (Å²) < 4.78 is 10.8. The Morgan fingerprint density at radius 1 is 1.15 bits per heavy atom. The lowest BCUT2D eigenvalue weighted by Gasteiger charge is -2.06. The Hall–Kier alpha value is -1.85. The summed E-state index contributed by atoms with van der Waals surface area (Å²) in [5, 5.41) is 9.28. The van der Waals surface area contributed by atoms with Crippen molar-refractivity contribution >= 4 is 27.7 Å². The van der Waals surface area contributed by atoms with Gasteiger partial charge >= 0.3 is 12.0 Å². The fourth-order valence-electron chi connectivity index (χ4n) is 1.30. The molecule has 0 aliphatic heterocycles. The molecule has 2 rings (SSSR count). The number of rotatable bonds is 4. The molecule has 20 heavy (non-hydrogen) atoms. The first-order valence-electron chi connectivity index (χ1n) is 5.38. The van der Waals surface area contributed by atoms with Crippen LogP contribution in [0.4, 0.5) is 0 Å². The van der Waals surface area contributed by atoms with Crippen molar-refractivity contribution in [2.45, 2.75) is 10.1 Å². The van der Waals surface area contributed by atoms with Crippen LogP contribution in [-0.2, 0) is 0 Å². The first-order chi connectivity index (χ1) is 9.66. The van der Waals surface area contributed by atoms with E-state index in [0.29, 0.717) is 10.7 Å². The van der Waals surface area contributed by atoms with Crippen LogP contribution in [0.1, 0.15) is 5.56 Å². The minimum absolute atomic E-state index is 0.184. The molecule has 0 aliphatic rings. The number of nitrogens with zero attached hydrogens (tertiary/aromatic N) is 4. The van der Waals surface area contributed by atoms with Crippen LogP contribution in [0, 0.1) is 11.3 Å². The Bertz CT molecular complexity index is 653. The predicted molar refractivity (Wildman–Crippen MR) is 75.9 cm³/mol. The summed E-state index contributed by atoms with van der Waals surface area (Å²) in [7, 11) is 2.95. The molecule has 0 amide bonds. The molecule has 0 N–H and O–H groups in total. The van der Waals surface area contributed by atoms with E-state index in [0.717, 1.165) is 9.37 Å². The van der Waals surface area contributed by atoms with Gasteiger partial charge in [0.25, 0.3) is 0 Å². The monoisotopic (exact) mass is 352 g/mol. The highest BCUT2D eigenvalue weighted by molar-refractivity contribution is 9.10. The molecular formula is C12H9BrN4O2S. The lowest BCUT2D eigenvalue weighted by molar-refractivity contribution is 0.332. The molecule has 0 radical (unpaired) electrons. The maximum atomic E-state index is 8.84. The minimum Gasteiger partial charge on any atom is -0.467 e. The van der Waals surface area contributed by atoms with Crippen LogP contribution < -0.4 is 9.47 Å². The van der Waals surface area contributed by atoms with Crippen molar-refractivity contribution in [3.8, 4) is 18.1 Å². The largest absolute Gasteiger partial charge is 0.467 e. The van der Waals surface area contributed by atoms with Crippen LogP contribution in [0.15, 0.2) is 32.7 Å². The van der Waals surface area contributed by atoms with Crippen molar-refractivity contribution in [3.05, 3.63) is 28.2 Å². The minimum atomic E-state index is 0.184. The van der Waals surface area contributed by atoms with Crippen molar-refractivity contribution in [2.75, 3.05) is 14.2 Å². The van der Waals surface area contributed by atoms with Gasteiger partial charge in [-0.25, -0.2) is 0 Å². The second kappa shape index (κ2) is 6.54. The molecule has 1 heterocycles. The molecule has 0 saturated carbocycles. The summed E-state index contributed by atoms with van der Waals surface area (Å²) in [6.45, 7) is 0. The molecule has 0 unspecified atom stereocenters. The Kier molecular flexibility index (Phi) is 4.76. The molecule has 0 fully saturated rings. The van der Waals surface area contributed by atoms with Gasteiger partial charge in [-0.1, -0.05) is 0 Å². The maximum absolute atomic E-state index is 8.84. The standard InChI is InChI=1S/C12H9BrN4O2S/c1-18-10-15-11(19-2)17-12(16-10)20-9-4-3-7(6-14)5-8(9)13/h3-5H,1-2H3. The van der Waals surface area contributed by atoms with E-state index in [-0.39, 0.29) is 12.0 Å². The van der Waals surface area contributed by atoms with Crippen molar-refractivity contribution in [3.63, 3.8) is 0 Å². The number of ether oxygens (including phenoxy) is 2. The van der Waals surface area contributed by atoms with Crippen molar-refractivity contribution in [2.24, 2.45) is 0 Å². The average molecular weight is 353 g/mol. The second-order valence-corrected chi connectivity index (χ2v) is 5.31. The quantitative estimate of drug-likeness (QED) is 0.836. The molecule has 1 aromatic heterocycles. The Morgan fingerprint density at radius 2 is 1.80 bits per heavy atom. The molecule has 0 spiro atoms. The van der Waals surface area contributed by atoms with E-state index in [1.165, 1.54) is 26.0 Å². The van der Waals surface area contributed by atoms with Gasteiger partial charge in [0.15, 0.2) is 0 Å². The normalized spacial score (nSPS) is 9.90. The van der Waals surface area contributed by atoms with Crippen LogP contribution in [0.3, 0.4) is 0 Å². The van der Waals surface area contributed by atoms with Crippen LogP contribution in [-0.4, -0.2) is 29.2 Å². The van der Waals surface area contributed by atoms with Crippen LogP contribution in [0.25, 0.3) is 0 Å². The highest BCUT2D eigenvalue weighted by Gasteiger charge is 2.11. The van der Waals surface area contributed by atoms with Crippen molar-refractivity contribution in [1.82, 2.24) is 15.0 Å². The third-order valence-corrected chi connectivity index (χ3v) is 4.06. The molecule has 0 aliphatic carbocycles. The number of aromatic nitrogens is 3. The van der Waals surface area contributed by atoms with Gasteiger partial charge in [0.1, 0.15) is 0 Å². The highest BCUT2D eigenvalue weighted by atomic mass is 79.9. The SMILES string of the molecule is COc1nc(OC)nc(Sc2ccc(C#N)cc2Br)n1. The first kappa shape index (κ1) is 14.6. The Balaban J connectivity index is 2.32. The van der Waals surface area contributed by atoms with E-state index < -0.39 is 0 Å². The van der Waals surface area contributed by atoms with E-state index in [1.54, 1.807) is 12.1 Å². The molecule has 6 nitrogen and oxygen atoms in total. The molecule has 1 aromatic carbocycles. The van der Waals surface area contributed by atoms with Crippen LogP contribution >= 0.6 is 27.7 Å². The third kappa shape index (κ3) is 3.37. The zero-order chi connectivity index (χ0) is 14.5. The molecule has 2 aromatic rings. The van der Waals surface area contributed by atoms with Gasteiger partial charge in [-0.05, 0) is 45.9 Å². The maximum Gasteiger partial charge on any atom is 0.323 e.